The maximum atomic E-state index is 4.69. The number of pyridine rings is 1. The van der Waals surface area contributed by atoms with Crippen molar-refractivity contribution in [1.29, 1.82) is 0 Å². The van der Waals surface area contributed by atoms with Crippen molar-refractivity contribution in [3.8, 4) is 28.1 Å². The first-order valence-corrected chi connectivity index (χ1v) is 12.3. The SMILES string of the molecule is Cc1cc(C)cc(-c2cnn(-c3[c-]cccc3)c2CC(C)(C)C)c1.[Ir].[c-]1ccccc1-c1ccccn1. The predicted molar refractivity (Wildman–Crippen MR) is 149 cm³/mol. The van der Waals surface area contributed by atoms with Gasteiger partial charge in [-0.1, -0.05) is 62.2 Å². The minimum absolute atomic E-state index is 0. The third-order valence-corrected chi connectivity index (χ3v) is 5.67. The summed E-state index contributed by atoms with van der Waals surface area (Å²) >= 11 is 0. The van der Waals surface area contributed by atoms with Crippen LogP contribution in [-0.4, -0.2) is 14.8 Å². The molecule has 5 aromatic rings. The standard InChI is InChI=1S/C22H25N2.C11H8N.Ir/c1-16-11-17(2)13-18(12-16)20-15-23-24(19-9-7-6-8-10-19)21(20)14-22(3,4)5;1-2-6-10(7-3-1)11-8-4-5-9-12-11;/h6-9,11-13,15H,14H2,1-5H3;1-6,8-9H;/q2*-1;. The Morgan fingerprint density at radius 1 is 0.811 bits per heavy atom. The second kappa shape index (κ2) is 12.8. The zero-order chi connectivity index (χ0) is 25.5. The van der Waals surface area contributed by atoms with E-state index in [0.717, 1.165) is 23.4 Å². The fourth-order valence-corrected chi connectivity index (χ4v) is 4.22. The summed E-state index contributed by atoms with van der Waals surface area (Å²) in [6.45, 7) is 11.1. The van der Waals surface area contributed by atoms with Gasteiger partial charge in [-0.25, -0.2) is 0 Å². The Balaban J connectivity index is 0.000000246. The van der Waals surface area contributed by atoms with Crippen molar-refractivity contribution in [2.45, 2.75) is 41.0 Å². The van der Waals surface area contributed by atoms with Crippen molar-refractivity contribution in [3.63, 3.8) is 0 Å². The number of hydrogen-bond acceptors (Lipinski definition) is 2. The van der Waals surface area contributed by atoms with E-state index in [1.54, 1.807) is 6.20 Å². The minimum Gasteiger partial charge on any atom is -0.305 e. The van der Waals surface area contributed by atoms with Crippen molar-refractivity contribution in [3.05, 3.63) is 126 Å². The van der Waals surface area contributed by atoms with Crippen LogP contribution in [-0.2, 0) is 26.5 Å². The van der Waals surface area contributed by atoms with Gasteiger partial charge in [0.05, 0.1) is 11.9 Å². The van der Waals surface area contributed by atoms with Gasteiger partial charge in [0.15, 0.2) is 0 Å². The van der Waals surface area contributed by atoms with Crippen molar-refractivity contribution in [1.82, 2.24) is 14.8 Å². The van der Waals surface area contributed by atoms with Gasteiger partial charge in [0.25, 0.3) is 0 Å². The molecule has 5 rings (SSSR count). The molecule has 3 aromatic carbocycles. The van der Waals surface area contributed by atoms with Gasteiger partial charge < -0.3 is 4.98 Å². The molecule has 0 aliphatic heterocycles. The van der Waals surface area contributed by atoms with Crippen molar-refractivity contribution >= 4 is 0 Å². The van der Waals surface area contributed by atoms with Crippen LogP contribution in [0.2, 0.25) is 0 Å². The average molecular weight is 664 g/mol. The largest absolute Gasteiger partial charge is 0.305 e. The second-order valence-electron chi connectivity index (χ2n) is 10.3. The molecular weight excluding hydrogens is 631 g/mol. The third-order valence-electron chi connectivity index (χ3n) is 5.67. The molecule has 191 valence electrons. The van der Waals surface area contributed by atoms with E-state index in [4.69, 9.17) is 5.10 Å². The Morgan fingerprint density at radius 2 is 1.49 bits per heavy atom. The van der Waals surface area contributed by atoms with E-state index in [1.807, 2.05) is 71.5 Å². The number of hydrogen-bond donors (Lipinski definition) is 0. The molecule has 3 nitrogen and oxygen atoms in total. The van der Waals surface area contributed by atoms with E-state index in [2.05, 4.69) is 76.0 Å². The summed E-state index contributed by atoms with van der Waals surface area (Å²) in [6.07, 6.45) is 4.74. The van der Waals surface area contributed by atoms with Crippen LogP contribution in [0, 0.1) is 31.4 Å². The van der Waals surface area contributed by atoms with E-state index >= 15 is 0 Å². The zero-order valence-electron chi connectivity index (χ0n) is 22.1. The molecule has 0 spiro atoms. The van der Waals surface area contributed by atoms with Crippen LogP contribution in [0.4, 0.5) is 0 Å². The number of nitrogens with zero attached hydrogens (tertiary/aromatic N) is 3. The first-order chi connectivity index (χ1) is 17.3. The first kappa shape index (κ1) is 28.2. The summed E-state index contributed by atoms with van der Waals surface area (Å²) in [7, 11) is 0. The number of benzene rings is 3. The Labute approximate surface area is 235 Å². The number of rotatable bonds is 4. The van der Waals surface area contributed by atoms with Crippen LogP contribution >= 0.6 is 0 Å². The zero-order valence-corrected chi connectivity index (χ0v) is 24.5. The predicted octanol–water partition coefficient (Wildman–Crippen LogP) is 8.09. The molecule has 1 radical (unpaired) electrons. The molecule has 0 N–H and O–H groups in total. The van der Waals surface area contributed by atoms with E-state index in [1.165, 1.54) is 27.9 Å². The van der Waals surface area contributed by atoms with Crippen molar-refractivity contribution in [2.24, 2.45) is 5.41 Å². The van der Waals surface area contributed by atoms with Gasteiger partial charge in [0.2, 0.25) is 0 Å². The normalized spacial score (nSPS) is 10.7. The van der Waals surface area contributed by atoms with E-state index in [-0.39, 0.29) is 25.5 Å². The number of para-hydroxylation sites is 1. The summed E-state index contributed by atoms with van der Waals surface area (Å²) in [5, 5.41) is 4.69. The fraction of sp³-hybridized carbons (Fsp3) is 0.212. The van der Waals surface area contributed by atoms with E-state index in [9.17, 15) is 0 Å². The number of aromatic nitrogens is 3. The summed E-state index contributed by atoms with van der Waals surface area (Å²) in [6, 6.07) is 34.8. The van der Waals surface area contributed by atoms with Gasteiger partial charge in [-0.15, -0.1) is 42.0 Å². The Hall–Kier alpha value is -3.33. The molecule has 0 bridgehead atoms. The topological polar surface area (TPSA) is 30.7 Å². The van der Waals surface area contributed by atoms with Gasteiger partial charge in [-0.3, -0.25) is 4.68 Å². The molecule has 0 aliphatic carbocycles. The van der Waals surface area contributed by atoms with Crippen LogP contribution in [0.5, 0.6) is 0 Å². The molecule has 0 amide bonds. The molecule has 0 unspecified atom stereocenters. The van der Waals surface area contributed by atoms with Gasteiger partial charge >= 0.3 is 0 Å². The van der Waals surface area contributed by atoms with Gasteiger partial charge in [-0.2, -0.15) is 29.4 Å². The molecular formula is C33H33IrN3-2. The van der Waals surface area contributed by atoms with Gasteiger partial charge in [0.1, 0.15) is 0 Å². The number of aryl methyl sites for hydroxylation is 2. The van der Waals surface area contributed by atoms with Crippen molar-refractivity contribution in [2.75, 3.05) is 0 Å². The molecule has 2 heterocycles. The summed E-state index contributed by atoms with van der Waals surface area (Å²) in [4.78, 5) is 4.22. The van der Waals surface area contributed by atoms with Crippen LogP contribution in [0.3, 0.4) is 0 Å². The van der Waals surface area contributed by atoms with E-state index in [0.29, 0.717) is 0 Å². The van der Waals surface area contributed by atoms with Crippen LogP contribution in [0.25, 0.3) is 28.1 Å². The summed E-state index contributed by atoms with van der Waals surface area (Å²) < 4.78 is 2.04. The maximum absolute atomic E-state index is 4.69. The molecule has 0 saturated heterocycles. The fourth-order valence-electron chi connectivity index (χ4n) is 4.22. The second-order valence-corrected chi connectivity index (χ2v) is 10.3. The average Bonchev–Trinajstić information content (AvgIpc) is 3.27. The van der Waals surface area contributed by atoms with Gasteiger partial charge in [-0.05, 0) is 48.7 Å². The van der Waals surface area contributed by atoms with Crippen LogP contribution in [0.15, 0.2) is 97.3 Å². The Morgan fingerprint density at radius 3 is 2.05 bits per heavy atom. The van der Waals surface area contributed by atoms with Gasteiger partial charge in [0, 0.05) is 31.9 Å². The first-order valence-electron chi connectivity index (χ1n) is 12.3. The van der Waals surface area contributed by atoms with Crippen LogP contribution in [0.1, 0.15) is 37.6 Å². The smallest absolute Gasteiger partial charge is 0.0574 e. The molecule has 0 saturated carbocycles. The third kappa shape index (κ3) is 7.82. The van der Waals surface area contributed by atoms with Crippen molar-refractivity contribution < 1.29 is 20.1 Å². The van der Waals surface area contributed by atoms with Crippen LogP contribution < -0.4 is 0 Å². The van der Waals surface area contributed by atoms with E-state index < -0.39 is 0 Å². The molecule has 0 fully saturated rings. The Bertz CT molecular complexity index is 1330. The molecule has 0 aliphatic rings. The molecule has 4 heteroatoms. The Kier molecular flexibility index (Phi) is 9.74. The molecule has 37 heavy (non-hydrogen) atoms. The summed E-state index contributed by atoms with van der Waals surface area (Å²) in [5.74, 6) is 0. The monoisotopic (exact) mass is 664 g/mol. The molecule has 2 aromatic heterocycles. The minimum atomic E-state index is 0. The quantitative estimate of drug-likeness (QED) is 0.182. The molecule has 0 atom stereocenters. The maximum Gasteiger partial charge on any atom is 0.0574 e. The summed E-state index contributed by atoms with van der Waals surface area (Å²) in [5.41, 5.74) is 9.46.